The number of aromatic nitrogens is 1. The molecule has 4 heteroatoms. The summed E-state index contributed by atoms with van der Waals surface area (Å²) in [5, 5.41) is 13.2. The van der Waals surface area contributed by atoms with Crippen molar-refractivity contribution in [2.45, 2.75) is 50.8 Å². The van der Waals surface area contributed by atoms with E-state index in [9.17, 15) is 9.50 Å². The highest BCUT2D eigenvalue weighted by molar-refractivity contribution is 5.14. The first-order valence-corrected chi connectivity index (χ1v) is 6.21. The van der Waals surface area contributed by atoms with Crippen LogP contribution in [-0.2, 0) is 0 Å². The van der Waals surface area contributed by atoms with Gasteiger partial charge in [0.05, 0.1) is 12.3 Å². The van der Waals surface area contributed by atoms with Gasteiger partial charge in [-0.1, -0.05) is 12.8 Å². The summed E-state index contributed by atoms with van der Waals surface area (Å²) in [7, 11) is 0. The molecule has 17 heavy (non-hydrogen) atoms. The number of nitrogens with zero attached hydrogens (tertiary/aromatic N) is 1. The molecule has 1 aliphatic carbocycles. The van der Waals surface area contributed by atoms with Crippen molar-refractivity contribution in [3.63, 3.8) is 0 Å². The lowest BCUT2D eigenvalue weighted by molar-refractivity contribution is 0.0859. The maximum absolute atomic E-state index is 13.0. The Labute approximate surface area is 101 Å². The molecule has 3 unspecified atom stereocenters. The van der Waals surface area contributed by atoms with E-state index in [0.717, 1.165) is 31.2 Å². The van der Waals surface area contributed by atoms with Gasteiger partial charge in [0.1, 0.15) is 5.82 Å². The normalized spacial score (nSPS) is 26.8. The lowest BCUT2D eigenvalue weighted by Crippen LogP contribution is -2.43. The molecule has 1 aromatic rings. The average molecular weight is 238 g/mol. The van der Waals surface area contributed by atoms with E-state index >= 15 is 0 Å². The van der Waals surface area contributed by atoms with Crippen molar-refractivity contribution < 1.29 is 9.50 Å². The summed E-state index contributed by atoms with van der Waals surface area (Å²) < 4.78 is 13.0. The Kier molecular flexibility index (Phi) is 4.07. The number of aliphatic hydroxyl groups is 1. The van der Waals surface area contributed by atoms with Crippen molar-refractivity contribution in [3.05, 3.63) is 29.8 Å². The highest BCUT2D eigenvalue weighted by Crippen LogP contribution is 2.22. The topological polar surface area (TPSA) is 45.1 Å². The minimum absolute atomic E-state index is 0.0101. The van der Waals surface area contributed by atoms with Crippen LogP contribution in [0.1, 0.15) is 44.2 Å². The van der Waals surface area contributed by atoms with Crippen LogP contribution < -0.4 is 5.32 Å². The molecule has 0 aliphatic heterocycles. The quantitative estimate of drug-likeness (QED) is 0.848. The molecule has 1 heterocycles. The molecule has 2 rings (SSSR count). The Balaban J connectivity index is 1.98. The van der Waals surface area contributed by atoms with Gasteiger partial charge < -0.3 is 10.4 Å². The molecule has 1 aromatic heterocycles. The van der Waals surface area contributed by atoms with Gasteiger partial charge in [0.15, 0.2) is 0 Å². The zero-order valence-corrected chi connectivity index (χ0v) is 10.1. The predicted molar refractivity (Wildman–Crippen MR) is 64.0 cm³/mol. The molecule has 1 saturated carbocycles. The number of nitrogens with one attached hydrogen (secondary N) is 1. The van der Waals surface area contributed by atoms with Crippen molar-refractivity contribution in [1.29, 1.82) is 0 Å². The molecule has 2 N–H and O–H groups in total. The predicted octanol–water partition coefficient (Wildman–Crippen LogP) is 2.17. The Hall–Kier alpha value is -1.00. The number of pyridine rings is 1. The summed E-state index contributed by atoms with van der Waals surface area (Å²) in [6.45, 7) is 1.97. The van der Waals surface area contributed by atoms with E-state index in [1.54, 1.807) is 6.20 Å². The van der Waals surface area contributed by atoms with Crippen LogP contribution in [0, 0.1) is 5.82 Å². The van der Waals surface area contributed by atoms with Gasteiger partial charge in [0.2, 0.25) is 0 Å². The van der Waals surface area contributed by atoms with E-state index in [4.69, 9.17) is 0 Å². The van der Waals surface area contributed by atoms with Crippen molar-refractivity contribution >= 4 is 0 Å². The van der Waals surface area contributed by atoms with Gasteiger partial charge in [0.25, 0.3) is 0 Å². The maximum atomic E-state index is 13.0. The van der Waals surface area contributed by atoms with Gasteiger partial charge in [-0.05, 0) is 31.4 Å². The minimum atomic E-state index is -0.319. The Bertz CT molecular complexity index is 372. The molecule has 1 fully saturated rings. The van der Waals surface area contributed by atoms with E-state index in [1.807, 2.05) is 6.92 Å². The van der Waals surface area contributed by atoms with Gasteiger partial charge in [-0.3, -0.25) is 4.98 Å². The van der Waals surface area contributed by atoms with E-state index in [1.165, 1.54) is 12.3 Å². The Morgan fingerprint density at radius 2 is 2.18 bits per heavy atom. The van der Waals surface area contributed by atoms with E-state index < -0.39 is 0 Å². The van der Waals surface area contributed by atoms with Crippen LogP contribution in [-0.4, -0.2) is 22.2 Å². The maximum Gasteiger partial charge on any atom is 0.141 e. The highest BCUT2D eigenvalue weighted by Gasteiger charge is 2.24. The third kappa shape index (κ3) is 3.23. The molecular weight excluding hydrogens is 219 g/mol. The number of hydrogen-bond acceptors (Lipinski definition) is 3. The number of hydrogen-bond donors (Lipinski definition) is 2. The summed E-state index contributed by atoms with van der Waals surface area (Å²) in [5.74, 6) is -0.319. The van der Waals surface area contributed by atoms with Crippen LogP contribution in [0.15, 0.2) is 18.5 Å². The second kappa shape index (κ2) is 5.56. The fourth-order valence-corrected chi connectivity index (χ4v) is 2.39. The lowest BCUT2D eigenvalue weighted by atomic mass is 9.91. The molecule has 0 aromatic carbocycles. The molecule has 3 atom stereocenters. The Morgan fingerprint density at radius 3 is 2.88 bits per heavy atom. The fraction of sp³-hybridized carbons (Fsp3) is 0.615. The summed E-state index contributed by atoms with van der Waals surface area (Å²) in [5.41, 5.74) is 0.822. The molecule has 3 nitrogen and oxygen atoms in total. The van der Waals surface area contributed by atoms with Gasteiger partial charge in [-0.2, -0.15) is 0 Å². The smallest absolute Gasteiger partial charge is 0.141 e. The van der Waals surface area contributed by atoms with Crippen LogP contribution in [0.25, 0.3) is 0 Å². The van der Waals surface area contributed by atoms with Gasteiger partial charge in [-0.25, -0.2) is 4.39 Å². The highest BCUT2D eigenvalue weighted by atomic mass is 19.1. The molecule has 0 amide bonds. The van der Waals surface area contributed by atoms with Gasteiger partial charge in [0, 0.05) is 18.3 Å². The van der Waals surface area contributed by atoms with Crippen LogP contribution in [0.2, 0.25) is 0 Å². The molecule has 94 valence electrons. The summed E-state index contributed by atoms with van der Waals surface area (Å²) in [6.07, 6.45) is 6.65. The monoisotopic (exact) mass is 238 g/mol. The first kappa shape index (κ1) is 12.5. The second-order valence-corrected chi connectivity index (χ2v) is 4.78. The second-order valence-electron chi connectivity index (χ2n) is 4.78. The first-order chi connectivity index (χ1) is 8.16. The van der Waals surface area contributed by atoms with Crippen molar-refractivity contribution in [2.75, 3.05) is 0 Å². The van der Waals surface area contributed by atoms with Gasteiger partial charge >= 0.3 is 0 Å². The zero-order valence-electron chi connectivity index (χ0n) is 10.1. The van der Waals surface area contributed by atoms with E-state index in [2.05, 4.69) is 10.3 Å². The summed E-state index contributed by atoms with van der Waals surface area (Å²) in [6, 6.07) is 1.61. The third-order valence-corrected chi connectivity index (χ3v) is 3.42. The summed E-state index contributed by atoms with van der Waals surface area (Å²) >= 11 is 0. The molecule has 0 radical (unpaired) electrons. The van der Waals surface area contributed by atoms with Crippen molar-refractivity contribution in [3.8, 4) is 0 Å². The molecule has 0 bridgehead atoms. The molecule has 1 aliphatic rings. The fourth-order valence-electron chi connectivity index (χ4n) is 2.39. The SMILES string of the molecule is CC(NC1CCCCC1O)c1cncc(F)c1. The standard InChI is InChI=1S/C13H19FN2O/c1-9(10-6-11(14)8-15-7-10)16-12-4-2-3-5-13(12)17/h6-9,12-13,16-17H,2-5H2,1H3. The van der Waals surface area contributed by atoms with Crippen molar-refractivity contribution in [1.82, 2.24) is 10.3 Å². The van der Waals surface area contributed by atoms with Crippen LogP contribution in [0.4, 0.5) is 4.39 Å². The first-order valence-electron chi connectivity index (χ1n) is 6.21. The number of halogens is 1. The van der Waals surface area contributed by atoms with Crippen molar-refractivity contribution in [2.24, 2.45) is 0 Å². The number of rotatable bonds is 3. The van der Waals surface area contributed by atoms with E-state index in [0.29, 0.717) is 0 Å². The average Bonchev–Trinajstić information content (AvgIpc) is 2.32. The van der Waals surface area contributed by atoms with Crippen LogP contribution in [0.3, 0.4) is 0 Å². The minimum Gasteiger partial charge on any atom is -0.392 e. The van der Waals surface area contributed by atoms with Gasteiger partial charge in [-0.15, -0.1) is 0 Å². The molecule has 0 saturated heterocycles. The largest absolute Gasteiger partial charge is 0.392 e. The zero-order chi connectivity index (χ0) is 12.3. The van der Waals surface area contributed by atoms with E-state index in [-0.39, 0.29) is 24.0 Å². The molecular formula is C13H19FN2O. The molecule has 0 spiro atoms. The third-order valence-electron chi connectivity index (χ3n) is 3.42. The lowest BCUT2D eigenvalue weighted by Gasteiger charge is -2.31. The van der Waals surface area contributed by atoms with Crippen LogP contribution in [0.5, 0.6) is 0 Å². The number of aliphatic hydroxyl groups excluding tert-OH is 1. The summed E-state index contributed by atoms with van der Waals surface area (Å²) in [4.78, 5) is 3.84. The van der Waals surface area contributed by atoms with Crippen LogP contribution >= 0.6 is 0 Å². The Morgan fingerprint density at radius 1 is 1.41 bits per heavy atom.